The quantitative estimate of drug-likeness (QED) is 0.447. The molecule has 0 bridgehead atoms. The van der Waals surface area contributed by atoms with E-state index in [1.165, 1.54) is 5.56 Å². The minimum atomic E-state index is -0.382. The largest absolute Gasteiger partial charge is 0.423 e. The first kappa shape index (κ1) is 14.8. The number of benzene rings is 2. The van der Waals surface area contributed by atoms with Gasteiger partial charge in [-0.3, -0.25) is 0 Å². The van der Waals surface area contributed by atoms with Crippen LogP contribution in [-0.4, -0.2) is 5.97 Å². The number of aryl methyl sites for hydroxylation is 1. The number of hydrogen-bond acceptors (Lipinski definition) is 2. The van der Waals surface area contributed by atoms with Crippen LogP contribution in [0.2, 0.25) is 0 Å². The Morgan fingerprint density at radius 2 is 1.76 bits per heavy atom. The zero-order valence-corrected chi connectivity index (χ0v) is 12.0. The molecule has 0 saturated heterocycles. The van der Waals surface area contributed by atoms with Crippen molar-refractivity contribution < 1.29 is 9.53 Å². The summed E-state index contributed by atoms with van der Waals surface area (Å²) in [6.07, 6.45) is 3.34. The average Bonchev–Trinajstić information content (AvgIpc) is 2.54. The highest BCUT2D eigenvalue weighted by Gasteiger charge is 2.08. The van der Waals surface area contributed by atoms with E-state index in [0.717, 1.165) is 19.3 Å². The van der Waals surface area contributed by atoms with Crippen LogP contribution in [0.25, 0.3) is 4.85 Å². The van der Waals surface area contributed by atoms with Gasteiger partial charge in [0, 0.05) is 0 Å². The van der Waals surface area contributed by atoms with Crippen LogP contribution in [0.4, 0.5) is 5.69 Å². The Morgan fingerprint density at radius 1 is 1.10 bits per heavy atom. The first-order chi connectivity index (χ1) is 10.2. The third kappa shape index (κ3) is 4.19. The Morgan fingerprint density at radius 3 is 2.33 bits per heavy atom. The number of unbranched alkanes of at least 4 members (excludes halogenated alkanes) is 1. The molecule has 0 heterocycles. The second-order valence-corrected chi connectivity index (χ2v) is 4.80. The van der Waals surface area contributed by atoms with Crippen molar-refractivity contribution in [1.82, 2.24) is 0 Å². The summed E-state index contributed by atoms with van der Waals surface area (Å²) in [6.45, 7) is 9.03. The molecule has 0 N–H and O–H groups in total. The third-order valence-electron chi connectivity index (χ3n) is 3.19. The normalized spacial score (nSPS) is 9.90. The predicted molar refractivity (Wildman–Crippen MR) is 82.7 cm³/mol. The van der Waals surface area contributed by atoms with Crippen LogP contribution in [-0.2, 0) is 6.42 Å². The van der Waals surface area contributed by atoms with Crippen LogP contribution >= 0.6 is 0 Å². The molecule has 2 aromatic carbocycles. The van der Waals surface area contributed by atoms with Crippen molar-refractivity contribution in [2.45, 2.75) is 26.2 Å². The molecule has 0 amide bonds. The summed E-state index contributed by atoms with van der Waals surface area (Å²) >= 11 is 0. The lowest BCUT2D eigenvalue weighted by Gasteiger charge is -2.05. The van der Waals surface area contributed by atoms with E-state index in [4.69, 9.17) is 11.3 Å². The summed E-state index contributed by atoms with van der Waals surface area (Å²) in [5, 5.41) is 0. The van der Waals surface area contributed by atoms with Crippen molar-refractivity contribution in [2.75, 3.05) is 0 Å². The first-order valence-corrected chi connectivity index (χ1v) is 7.01. The van der Waals surface area contributed by atoms with E-state index in [9.17, 15) is 4.79 Å². The second kappa shape index (κ2) is 7.25. The molecule has 3 nitrogen and oxygen atoms in total. The van der Waals surface area contributed by atoms with Crippen molar-refractivity contribution in [2.24, 2.45) is 0 Å². The first-order valence-electron chi connectivity index (χ1n) is 7.01. The molecule has 0 aliphatic heterocycles. The Hall–Kier alpha value is -2.60. The summed E-state index contributed by atoms with van der Waals surface area (Å²) in [4.78, 5) is 15.3. The lowest BCUT2D eigenvalue weighted by molar-refractivity contribution is 0.0735. The molecule has 0 spiro atoms. The molecular formula is C18H17NO2. The number of ether oxygens (including phenoxy) is 1. The van der Waals surface area contributed by atoms with Crippen molar-refractivity contribution in [3.05, 3.63) is 71.1 Å². The van der Waals surface area contributed by atoms with Crippen molar-refractivity contribution in [3.63, 3.8) is 0 Å². The molecule has 0 atom stereocenters. The average molecular weight is 279 g/mol. The molecule has 2 aromatic rings. The Balaban J connectivity index is 2.00. The molecule has 0 aliphatic rings. The van der Waals surface area contributed by atoms with Gasteiger partial charge in [0.2, 0.25) is 0 Å². The minimum absolute atomic E-state index is 0.382. The van der Waals surface area contributed by atoms with Gasteiger partial charge < -0.3 is 4.74 Å². The number of rotatable bonds is 5. The van der Waals surface area contributed by atoms with E-state index < -0.39 is 0 Å². The molecule has 0 radical (unpaired) electrons. The van der Waals surface area contributed by atoms with Crippen LogP contribution in [0.15, 0.2) is 48.5 Å². The summed E-state index contributed by atoms with van der Waals surface area (Å²) in [5.41, 5.74) is 2.29. The number of carbonyl (C=O) groups excluding carboxylic acids is 1. The molecule has 0 unspecified atom stereocenters. The number of hydrogen-bond donors (Lipinski definition) is 0. The zero-order valence-electron chi connectivity index (χ0n) is 12.0. The molecule has 0 saturated carbocycles. The van der Waals surface area contributed by atoms with E-state index >= 15 is 0 Å². The highest BCUT2D eigenvalue weighted by molar-refractivity contribution is 5.91. The maximum absolute atomic E-state index is 12.0. The minimum Gasteiger partial charge on any atom is -0.423 e. The van der Waals surface area contributed by atoms with E-state index in [-0.39, 0.29) is 5.97 Å². The van der Waals surface area contributed by atoms with Crippen molar-refractivity contribution in [3.8, 4) is 5.75 Å². The Bertz CT molecular complexity index is 636. The van der Waals surface area contributed by atoms with E-state index in [2.05, 4.69) is 11.8 Å². The van der Waals surface area contributed by atoms with Gasteiger partial charge in [-0.2, -0.15) is 0 Å². The van der Waals surface area contributed by atoms with Crippen LogP contribution in [0.1, 0.15) is 35.7 Å². The van der Waals surface area contributed by atoms with Gasteiger partial charge in [0.15, 0.2) is 5.69 Å². The smallest absolute Gasteiger partial charge is 0.343 e. The lowest BCUT2D eigenvalue weighted by atomic mass is 10.1. The molecule has 3 heteroatoms. The number of nitrogens with zero attached hydrogens (tertiary/aromatic N) is 1. The van der Waals surface area contributed by atoms with E-state index in [0.29, 0.717) is 17.0 Å². The standard InChI is InChI=1S/C18H17NO2/c1-3-4-5-14-6-8-15(9-7-14)18(20)21-17-12-10-16(19-2)11-13-17/h6-13H,3-5H2,1H3. The number of esters is 1. The highest BCUT2D eigenvalue weighted by atomic mass is 16.5. The van der Waals surface area contributed by atoms with Crippen LogP contribution < -0.4 is 4.74 Å². The van der Waals surface area contributed by atoms with Gasteiger partial charge in [0.05, 0.1) is 12.1 Å². The second-order valence-electron chi connectivity index (χ2n) is 4.80. The lowest BCUT2D eigenvalue weighted by Crippen LogP contribution is -2.08. The van der Waals surface area contributed by atoms with Gasteiger partial charge in [-0.15, -0.1) is 0 Å². The van der Waals surface area contributed by atoms with Gasteiger partial charge in [-0.05, 0) is 42.7 Å². The topological polar surface area (TPSA) is 30.7 Å². The molecule has 0 aromatic heterocycles. The zero-order chi connectivity index (χ0) is 15.1. The SMILES string of the molecule is [C-]#[N+]c1ccc(OC(=O)c2ccc(CCCC)cc2)cc1. The van der Waals surface area contributed by atoms with E-state index in [1.807, 2.05) is 12.1 Å². The Labute approximate surface area is 125 Å². The molecular weight excluding hydrogens is 262 g/mol. The third-order valence-corrected chi connectivity index (χ3v) is 3.19. The van der Waals surface area contributed by atoms with Crippen molar-refractivity contribution in [1.29, 1.82) is 0 Å². The predicted octanol–water partition coefficient (Wildman–Crippen LogP) is 4.80. The van der Waals surface area contributed by atoms with Gasteiger partial charge in [-0.1, -0.05) is 37.6 Å². The van der Waals surface area contributed by atoms with Crippen LogP contribution in [0.5, 0.6) is 5.75 Å². The fourth-order valence-electron chi connectivity index (χ4n) is 1.94. The van der Waals surface area contributed by atoms with Gasteiger partial charge in [-0.25, -0.2) is 9.64 Å². The molecule has 2 rings (SSSR count). The maximum atomic E-state index is 12.0. The van der Waals surface area contributed by atoms with Gasteiger partial charge in [0.1, 0.15) is 5.75 Å². The molecule has 106 valence electrons. The number of carbonyl (C=O) groups is 1. The summed E-state index contributed by atoms with van der Waals surface area (Å²) in [6, 6.07) is 14.0. The fraction of sp³-hybridized carbons (Fsp3) is 0.222. The van der Waals surface area contributed by atoms with Crippen LogP contribution in [0.3, 0.4) is 0 Å². The van der Waals surface area contributed by atoms with Gasteiger partial charge in [0.25, 0.3) is 0 Å². The fourth-order valence-corrected chi connectivity index (χ4v) is 1.94. The molecule has 0 aliphatic carbocycles. The molecule has 21 heavy (non-hydrogen) atoms. The van der Waals surface area contributed by atoms with E-state index in [1.54, 1.807) is 36.4 Å². The summed E-state index contributed by atoms with van der Waals surface area (Å²) in [5.74, 6) is 0.0649. The Kier molecular flexibility index (Phi) is 5.11. The maximum Gasteiger partial charge on any atom is 0.343 e. The summed E-state index contributed by atoms with van der Waals surface area (Å²) in [7, 11) is 0. The van der Waals surface area contributed by atoms with Crippen molar-refractivity contribution >= 4 is 11.7 Å². The monoisotopic (exact) mass is 279 g/mol. The summed E-state index contributed by atoms with van der Waals surface area (Å²) < 4.78 is 5.28. The molecule has 0 fully saturated rings. The van der Waals surface area contributed by atoms with Gasteiger partial charge >= 0.3 is 5.97 Å². The van der Waals surface area contributed by atoms with Crippen LogP contribution in [0, 0.1) is 6.57 Å². The highest BCUT2D eigenvalue weighted by Crippen LogP contribution is 2.19.